The van der Waals surface area contributed by atoms with Gasteiger partial charge in [-0.1, -0.05) is 11.6 Å². The van der Waals surface area contributed by atoms with Gasteiger partial charge < -0.3 is 15.1 Å². The molecule has 22 heavy (non-hydrogen) atoms. The summed E-state index contributed by atoms with van der Waals surface area (Å²) in [6.45, 7) is 1.82. The number of amides is 2. The Morgan fingerprint density at radius 2 is 2.00 bits per heavy atom. The summed E-state index contributed by atoms with van der Waals surface area (Å²) in [5.41, 5.74) is 0.779. The van der Waals surface area contributed by atoms with Crippen molar-refractivity contribution >= 4 is 35.2 Å². The Labute approximate surface area is 133 Å². The molecule has 5 nitrogen and oxygen atoms in total. The first kappa shape index (κ1) is 15.9. The standard InChI is InChI=1S/C16H15ClN2O3/c1-10-3-5-12(22-10)6-8-15(20)19-11-4-7-14(17)13(9-11)16(21)18-2/h3-9H,1-2H3,(H,18,21)(H,19,20)/b8-6-. The van der Waals surface area contributed by atoms with Crippen LogP contribution in [0, 0.1) is 6.92 Å². The Hall–Kier alpha value is -2.53. The number of nitrogens with one attached hydrogen (secondary N) is 2. The number of carbonyl (C=O) groups excluding carboxylic acids is 2. The van der Waals surface area contributed by atoms with E-state index in [-0.39, 0.29) is 11.8 Å². The topological polar surface area (TPSA) is 71.3 Å². The molecule has 0 aliphatic carbocycles. The van der Waals surface area contributed by atoms with Crippen LogP contribution < -0.4 is 10.6 Å². The van der Waals surface area contributed by atoms with Crippen LogP contribution in [-0.2, 0) is 4.79 Å². The van der Waals surface area contributed by atoms with Gasteiger partial charge in [-0.25, -0.2) is 0 Å². The van der Waals surface area contributed by atoms with Gasteiger partial charge in [0.15, 0.2) is 0 Å². The summed E-state index contributed by atoms with van der Waals surface area (Å²) in [4.78, 5) is 23.5. The third-order valence-electron chi connectivity index (χ3n) is 2.87. The molecule has 0 aliphatic heterocycles. The van der Waals surface area contributed by atoms with Crippen LogP contribution in [-0.4, -0.2) is 18.9 Å². The maximum absolute atomic E-state index is 11.9. The van der Waals surface area contributed by atoms with Gasteiger partial charge in [-0.05, 0) is 43.3 Å². The number of benzene rings is 1. The van der Waals surface area contributed by atoms with Crippen molar-refractivity contribution in [2.45, 2.75) is 6.92 Å². The molecule has 2 rings (SSSR count). The lowest BCUT2D eigenvalue weighted by atomic mass is 10.2. The zero-order valence-corrected chi connectivity index (χ0v) is 12.9. The molecule has 0 bridgehead atoms. The second-order valence-electron chi connectivity index (χ2n) is 4.54. The average molecular weight is 319 g/mol. The Kier molecular flexibility index (Phi) is 5.01. The molecule has 6 heteroatoms. The van der Waals surface area contributed by atoms with Crippen molar-refractivity contribution < 1.29 is 14.0 Å². The van der Waals surface area contributed by atoms with E-state index >= 15 is 0 Å². The smallest absolute Gasteiger partial charge is 0.252 e. The third kappa shape index (κ3) is 3.99. The summed E-state index contributed by atoms with van der Waals surface area (Å²) in [7, 11) is 1.51. The maximum Gasteiger partial charge on any atom is 0.252 e. The van der Waals surface area contributed by atoms with Crippen LogP contribution in [0.3, 0.4) is 0 Å². The SMILES string of the molecule is CNC(=O)c1cc(NC(=O)/C=C\c2ccc(C)o2)ccc1Cl. The van der Waals surface area contributed by atoms with E-state index in [0.29, 0.717) is 22.0 Å². The van der Waals surface area contributed by atoms with E-state index in [1.807, 2.05) is 13.0 Å². The fourth-order valence-electron chi connectivity index (χ4n) is 1.80. The van der Waals surface area contributed by atoms with Crippen LogP contribution in [0.1, 0.15) is 21.9 Å². The second-order valence-corrected chi connectivity index (χ2v) is 4.95. The fraction of sp³-hybridized carbons (Fsp3) is 0.125. The van der Waals surface area contributed by atoms with Gasteiger partial charge in [-0.15, -0.1) is 0 Å². The Bertz CT molecular complexity index is 735. The highest BCUT2D eigenvalue weighted by Crippen LogP contribution is 2.20. The molecule has 0 spiro atoms. The van der Waals surface area contributed by atoms with Crippen LogP contribution >= 0.6 is 11.6 Å². The predicted molar refractivity (Wildman–Crippen MR) is 86.0 cm³/mol. The Morgan fingerprint density at radius 3 is 2.64 bits per heavy atom. The number of furan rings is 1. The molecule has 1 aromatic carbocycles. The summed E-state index contributed by atoms with van der Waals surface area (Å²) in [6.07, 6.45) is 2.92. The molecule has 2 amide bonds. The monoisotopic (exact) mass is 318 g/mol. The number of carbonyl (C=O) groups is 2. The molecule has 1 heterocycles. The van der Waals surface area contributed by atoms with Crippen LogP contribution in [0.2, 0.25) is 5.02 Å². The van der Waals surface area contributed by atoms with Crippen molar-refractivity contribution in [2.24, 2.45) is 0 Å². The molecule has 0 saturated heterocycles. The van der Waals surface area contributed by atoms with Crippen molar-refractivity contribution in [1.82, 2.24) is 5.32 Å². The minimum absolute atomic E-state index is 0.299. The third-order valence-corrected chi connectivity index (χ3v) is 3.20. The van der Waals surface area contributed by atoms with E-state index in [4.69, 9.17) is 16.0 Å². The van der Waals surface area contributed by atoms with Gasteiger partial charge in [0, 0.05) is 18.8 Å². The maximum atomic E-state index is 11.9. The molecule has 0 saturated carbocycles. The minimum atomic E-state index is -0.334. The van der Waals surface area contributed by atoms with E-state index in [1.165, 1.54) is 19.2 Å². The lowest BCUT2D eigenvalue weighted by molar-refractivity contribution is -0.111. The number of hydrogen-bond donors (Lipinski definition) is 2. The van der Waals surface area contributed by atoms with Gasteiger partial charge >= 0.3 is 0 Å². The largest absolute Gasteiger partial charge is 0.462 e. The van der Waals surface area contributed by atoms with Gasteiger partial charge in [0.2, 0.25) is 5.91 Å². The molecule has 0 radical (unpaired) electrons. The summed E-state index contributed by atoms with van der Waals surface area (Å²) in [6, 6.07) is 8.28. The normalized spacial score (nSPS) is 10.7. The first-order chi connectivity index (χ1) is 10.5. The fourth-order valence-corrected chi connectivity index (χ4v) is 2.00. The van der Waals surface area contributed by atoms with Gasteiger partial charge in [0.25, 0.3) is 5.91 Å². The Morgan fingerprint density at radius 1 is 1.23 bits per heavy atom. The highest BCUT2D eigenvalue weighted by atomic mass is 35.5. The van der Waals surface area contributed by atoms with Crippen molar-refractivity contribution in [3.63, 3.8) is 0 Å². The van der Waals surface area contributed by atoms with E-state index in [1.54, 1.807) is 24.3 Å². The lowest BCUT2D eigenvalue weighted by Gasteiger charge is -2.07. The second kappa shape index (κ2) is 6.95. The lowest BCUT2D eigenvalue weighted by Crippen LogP contribution is -2.18. The molecule has 0 fully saturated rings. The first-order valence-electron chi connectivity index (χ1n) is 6.56. The number of halogens is 1. The molecule has 2 aromatic rings. The van der Waals surface area contributed by atoms with Crippen molar-refractivity contribution in [2.75, 3.05) is 12.4 Å². The quantitative estimate of drug-likeness (QED) is 0.850. The van der Waals surface area contributed by atoms with Crippen LogP contribution in [0.25, 0.3) is 6.08 Å². The zero-order chi connectivity index (χ0) is 16.1. The minimum Gasteiger partial charge on any atom is -0.462 e. The van der Waals surface area contributed by atoms with E-state index in [0.717, 1.165) is 5.76 Å². The predicted octanol–water partition coefficient (Wildman–Crippen LogP) is 3.25. The Balaban J connectivity index is 2.08. The van der Waals surface area contributed by atoms with Gasteiger partial charge in [0.1, 0.15) is 11.5 Å². The summed E-state index contributed by atoms with van der Waals surface area (Å²) in [5.74, 6) is 0.713. The summed E-state index contributed by atoms with van der Waals surface area (Å²) >= 11 is 5.95. The molecule has 2 N–H and O–H groups in total. The van der Waals surface area contributed by atoms with E-state index < -0.39 is 0 Å². The van der Waals surface area contributed by atoms with Gasteiger partial charge in [-0.3, -0.25) is 9.59 Å². The average Bonchev–Trinajstić information content (AvgIpc) is 2.92. The highest BCUT2D eigenvalue weighted by Gasteiger charge is 2.10. The van der Waals surface area contributed by atoms with Crippen molar-refractivity contribution in [3.05, 3.63) is 58.5 Å². The number of hydrogen-bond acceptors (Lipinski definition) is 3. The molecule has 0 atom stereocenters. The molecular weight excluding hydrogens is 304 g/mol. The van der Waals surface area contributed by atoms with Crippen LogP contribution in [0.4, 0.5) is 5.69 Å². The number of aryl methyl sites for hydroxylation is 1. The summed E-state index contributed by atoms with van der Waals surface area (Å²) < 4.78 is 5.33. The van der Waals surface area contributed by atoms with Crippen LogP contribution in [0.5, 0.6) is 0 Å². The first-order valence-corrected chi connectivity index (χ1v) is 6.94. The summed E-state index contributed by atoms with van der Waals surface area (Å²) in [5, 5.41) is 5.47. The number of anilines is 1. The highest BCUT2D eigenvalue weighted by molar-refractivity contribution is 6.34. The van der Waals surface area contributed by atoms with Crippen molar-refractivity contribution in [1.29, 1.82) is 0 Å². The molecule has 1 aromatic heterocycles. The molecule has 114 valence electrons. The molecule has 0 aliphatic rings. The molecular formula is C16H15ClN2O3. The van der Waals surface area contributed by atoms with Gasteiger partial charge in [0.05, 0.1) is 10.6 Å². The van der Waals surface area contributed by atoms with E-state index in [9.17, 15) is 9.59 Å². The van der Waals surface area contributed by atoms with E-state index in [2.05, 4.69) is 10.6 Å². The zero-order valence-electron chi connectivity index (χ0n) is 12.1. The molecule has 0 unspecified atom stereocenters. The number of rotatable bonds is 4. The van der Waals surface area contributed by atoms with Crippen molar-refractivity contribution in [3.8, 4) is 0 Å². The van der Waals surface area contributed by atoms with Gasteiger partial charge in [-0.2, -0.15) is 0 Å². The van der Waals surface area contributed by atoms with Crippen LogP contribution in [0.15, 0.2) is 40.8 Å².